The van der Waals surface area contributed by atoms with Crippen LogP contribution >= 0.6 is 11.3 Å². The molecule has 0 fully saturated rings. The van der Waals surface area contributed by atoms with Gasteiger partial charge in [0.2, 0.25) is 0 Å². The fraction of sp³-hybridized carbons (Fsp3) is 0.286. The molecular weight excluding hydrogens is 298 g/mol. The first kappa shape index (κ1) is 15.9. The van der Waals surface area contributed by atoms with Gasteiger partial charge in [-0.2, -0.15) is 0 Å². The number of aryl methyl sites for hydroxylation is 2. The SMILES string of the molecule is CCc1cc(/C=C/c2nc3ccccc3s2)cc(CC)c1CC. The Kier molecular flexibility index (Phi) is 4.92. The molecule has 0 bridgehead atoms. The van der Waals surface area contributed by atoms with E-state index < -0.39 is 0 Å². The number of thiazole rings is 1. The molecule has 1 nitrogen and oxygen atoms in total. The van der Waals surface area contributed by atoms with Gasteiger partial charge in [0.25, 0.3) is 0 Å². The molecule has 3 rings (SSSR count). The summed E-state index contributed by atoms with van der Waals surface area (Å²) in [6.45, 7) is 6.74. The van der Waals surface area contributed by atoms with Crippen LogP contribution in [0.4, 0.5) is 0 Å². The highest BCUT2D eigenvalue weighted by Crippen LogP contribution is 2.25. The quantitative estimate of drug-likeness (QED) is 0.549. The zero-order chi connectivity index (χ0) is 16.2. The van der Waals surface area contributed by atoms with Crippen molar-refractivity contribution in [2.45, 2.75) is 40.0 Å². The summed E-state index contributed by atoms with van der Waals surface area (Å²) in [5.74, 6) is 0. The van der Waals surface area contributed by atoms with E-state index in [1.807, 2.05) is 6.07 Å². The van der Waals surface area contributed by atoms with Gasteiger partial charge < -0.3 is 0 Å². The molecule has 0 aliphatic heterocycles. The molecule has 0 aliphatic rings. The van der Waals surface area contributed by atoms with E-state index in [0.717, 1.165) is 29.8 Å². The van der Waals surface area contributed by atoms with Crippen LogP contribution in [0, 0.1) is 0 Å². The Labute approximate surface area is 142 Å². The van der Waals surface area contributed by atoms with Crippen LogP contribution in [0.2, 0.25) is 0 Å². The largest absolute Gasteiger partial charge is 0.237 e. The molecule has 0 aliphatic carbocycles. The first-order chi connectivity index (χ1) is 11.2. The lowest BCUT2D eigenvalue weighted by Gasteiger charge is -2.13. The lowest BCUT2D eigenvalue weighted by atomic mass is 9.93. The number of fused-ring (bicyclic) bond motifs is 1. The molecule has 0 amide bonds. The van der Waals surface area contributed by atoms with Crippen molar-refractivity contribution < 1.29 is 0 Å². The van der Waals surface area contributed by atoms with Gasteiger partial charge in [0, 0.05) is 0 Å². The molecule has 3 aromatic rings. The summed E-state index contributed by atoms with van der Waals surface area (Å²) in [4.78, 5) is 4.68. The minimum Gasteiger partial charge on any atom is -0.237 e. The Morgan fingerprint density at radius 3 is 2.22 bits per heavy atom. The molecule has 2 heteroatoms. The van der Waals surface area contributed by atoms with Gasteiger partial charge in [-0.25, -0.2) is 4.98 Å². The van der Waals surface area contributed by atoms with Crippen LogP contribution in [0.3, 0.4) is 0 Å². The Hall–Kier alpha value is -1.93. The van der Waals surface area contributed by atoms with Crippen molar-refractivity contribution in [2.75, 3.05) is 0 Å². The van der Waals surface area contributed by atoms with Gasteiger partial charge in [-0.05, 0) is 59.7 Å². The van der Waals surface area contributed by atoms with E-state index in [4.69, 9.17) is 0 Å². The summed E-state index contributed by atoms with van der Waals surface area (Å²) in [6, 6.07) is 13.0. The third-order valence-corrected chi connectivity index (χ3v) is 5.30. The van der Waals surface area contributed by atoms with E-state index in [2.05, 4.69) is 68.2 Å². The Morgan fingerprint density at radius 1 is 0.913 bits per heavy atom. The average Bonchev–Trinajstić information content (AvgIpc) is 3.01. The van der Waals surface area contributed by atoms with Crippen LogP contribution < -0.4 is 0 Å². The first-order valence-electron chi connectivity index (χ1n) is 8.43. The van der Waals surface area contributed by atoms with E-state index in [-0.39, 0.29) is 0 Å². The summed E-state index contributed by atoms with van der Waals surface area (Å²) < 4.78 is 1.25. The number of hydrogen-bond donors (Lipinski definition) is 0. The molecule has 0 spiro atoms. The fourth-order valence-electron chi connectivity index (χ4n) is 3.13. The smallest absolute Gasteiger partial charge is 0.117 e. The topological polar surface area (TPSA) is 12.9 Å². The van der Waals surface area contributed by atoms with Crippen LogP contribution in [-0.4, -0.2) is 4.98 Å². The van der Waals surface area contributed by atoms with Crippen molar-refractivity contribution in [3.8, 4) is 0 Å². The number of para-hydroxylation sites is 1. The molecule has 23 heavy (non-hydrogen) atoms. The molecule has 1 heterocycles. The highest BCUT2D eigenvalue weighted by molar-refractivity contribution is 7.19. The Bertz CT molecular complexity index is 784. The zero-order valence-corrected chi connectivity index (χ0v) is 14.9. The second kappa shape index (κ2) is 7.10. The number of benzene rings is 2. The molecule has 2 aromatic carbocycles. The standard InChI is InChI=1S/C21H23NS/c1-4-16-13-15(14-17(5-2)18(16)6-3)11-12-21-22-19-9-7-8-10-20(19)23-21/h7-14H,4-6H2,1-3H3/b12-11+. The van der Waals surface area contributed by atoms with Crippen molar-refractivity contribution in [3.05, 3.63) is 63.7 Å². The molecule has 0 N–H and O–H groups in total. The van der Waals surface area contributed by atoms with Crippen LogP contribution in [0.25, 0.3) is 22.4 Å². The highest BCUT2D eigenvalue weighted by atomic mass is 32.1. The van der Waals surface area contributed by atoms with Crippen LogP contribution in [0.15, 0.2) is 36.4 Å². The number of hydrogen-bond acceptors (Lipinski definition) is 2. The van der Waals surface area contributed by atoms with E-state index in [1.165, 1.54) is 27.0 Å². The van der Waals surface area contributed by atoms with Crippen molar-refractivity contribution in [3.63, 3.8) is 0 Å². The molecule has 118 valence electrons. The predicted molar refractivity (Wildman–Crippen MR) is 103 cm³/mol. The molecule has 0 saturated heterocycles. The summed E-state index contributed by atoms with van der Waals surface area (Å²) in [6.07, 6.45) is 7.66. The molecule has 0 unspecified atom stereocenters. The van der Waals surface area contributed by atoms with Gasteiger partial charge in [-0.15, -0.1) is 11.3 Å². The molecular formula is C21H23NS. The van der Waals surface area contributed by atoms with E-state index >= 15 is 0 Å². The normalized spacial score (nSPS) is 11.6. The Balaban J connectivity index is 1.95. The summed E-state index contributed by atoms with van der Waals surface area (Å²) in [5.41, 5.74) is 6.87. The van der Waals surface area contributed by atoms with Crippen molar-refractivity contribution in [1.82, 2.24) is 4.98 Å². The van der Waals surface area contributed by atoms with E-state index in [0.29, 0.717) is 0 Å². The second-order valence-corrected chi connectivity index (χ2v) is 6.79. The van der Waals surface area contributed by atoms with Crippen LogP contribution in [0.5, 0.6) is 0 Å². The lowest BCUT2D eigenvalue weighted by Crippen LogP contribution is -1.98. The van der Waals surface area contributed by atoms with Gasteiger partial charge in [0.15, 0.2) is 0 Å². The first-order valence-corrected chi connectivity index (χ1v) is 9.25. The van der Waals surface area contributed by atoms with Gasteiger partial charge in [0.1, 0.15) is 5.01 Å². The lowest BCUT2D eigenvalue weighted by molar-refractivity contribution is 0.980. The van der Waals surface area contributed by atoms with Crippen molar-refractivity contribution in [2.24, 2.45) is 0 Å². The third-order valence-electron chi connectivity index (χ3n) is 4.30. The van der Waals surface area contributed by atoms with Crippen molar-refractivity contribution >= 4 is 33.7 Å². The Morgan fingerprint density at radius 2 is 1.61 bits per heavy atom. The maximum atomic E-state index is 4.68. The second-order valence-electron chi connectivity index (χ2n) is 5.73. The fourth-order valence-corrected chi connectivity index (χ4v) is 4.00. The molecule has 0 radical (unpaired) electrons. The molecule has 1 aromatic heterocycles. The van der Waals surface area contributed by atoms with E-state index in [1.54, 1.807) is 11.3 Å². The minimum absolute atomic E-state index is 1.07. The number of aromatic nitrogens is 1. The van der Waals surface area contributed by atoms with Gasteiger partial charge >= 0.3 is 0 Å². The predicted octanol–water partition coefficient (Wildman–Crippen LogP) is 6.15. The maximum absolute atomic E-state index is 4.68. The van der Waals surface area contributed by atoms with Gasteiger partial charge in [-0.3, -0.25) is 0 Å². The number of nitrogens with zero attached hydrogens (tertiary/aromatic N) is 1. The number of rotatable bonds is 5. The van der Waals surface area contributed by atoms with Crippen LogP contribution in [-0.2, 0) is 19.3 Å². The van der Waals surface area contributed by atoms with E-state index in [9.17, 15) is 0 Å². The summed E-state index contributed by atoms with van der Waals surface area (Å²) in [7, 11) is 0. The third kappa shape index (κ3) is 3.37. The summed E-state index contributed by atoms with van der Waals surface area (Å²) >= 11 is 1.75. The maximum Gasteiger partial charge on any atom is 0.117 e. The van der Waals surface area contributed by atoms with Gasteiger partial charge in [0.05, 0.1) is 10.2 Å². The minimum atomic E-state index is 1.07. The monoisotopic (exact) mass is 321 g/mol. The molecule has 0 saturated carbocycles. The van der Waals surface area contributed by atoms with Crippen molar-refractivity contribution in [1.29, 1.82) is 0 Å². The summed E-state index contributed by atoms with van der Waals surface area (Å²) in [5, 5.41) is 1.07. The zero-order valence-electron chi connectivity index (χ0n) is 14.1. The molecule has 0 atom stereocenters. The van der Waals surface area contributed by atoms with Crippen LogP contribution in [0.1, 0.15) is 48.0 Å². The van der Waals surface area contributed by atoms with Gasteiger partial charge in [-0.1, -0.05) is 51.1 Å². The average molecular weight is 321 g/mol. The highest BCUT2D eigenvalue weighted by Gasteiger charge is 2.06.